The molecule has 6 heteroatoms. The van der Waals surface area contributed by atoms with Crippen molar-refractivity contribution in [2.45, 2.75) is 6.42 Å². The molecular weight excluding hydrogens is 280 g/mol. The van der Waals surface area contributed by atoms with E-state index in [2.05, 4.69) is 15.3 Å². The molecule has 0 atom stereocenters. The minimum Gasteiger partial charge on any atom is -0.326 e. The van der Waals surface area contributed by atoms with Crippen molar-refractivity contribution in [2.75, 3.05) is 5.32 Å². The van der Waals surface area contributed by atoms with Crippen LogP contribution >= 0.6 is 0 Å². The predicted molar refractivity (Wildman–Crippen MR) is 82.4 cm³/mol. The lowest BCUT2D eigenvalue weighted by molar-refractivity contribution is -0.115. The van der Waals surface area contributed by atoms with Gasteiger partial charge in [0.05, 0.1) is 29.1 Å². The van der Waals surface area contributed by atoms with Crippen LogP contribution in [0.1, 0.15) is 11.1 Å². The Morgan fingerprint density at radius 3 is 2.55 bits per heavy atom. The molecule has 108 valence electrons. The van der Waals surface area contributed by atoms with E-state index in [-0.39, 0.29) is 18.0 Å². The first kappa shape index (κ1) is 13.6. The number of nitrogens with one attached hydrogen (secondary N) is 3. The second-order valence-electron chi connectivity index (χ2n) is 4.87. The van der Waals surface area contributed by atoms with Gasteiger partial charge in [0.15, 0.2) is 0 Å². The van der Waals surface area contributed by atoms with Gasteiger partial charge in [-0.1, -0.05) is 6.07 Å². The Bertz CT molecular complexity index is 929. The molecule has 0 saturated heterocycles. The zero-order valence-electron chi connectivity index (χ0n) is 11.5. The number of aromatic amines is 2. The molecule has 0 saturated carbocycles. The molecule has 0 aliphatic rings. The molecule has 0 fully saturated rings. The van der Waals surface area contributed by atoms with Crippen molar-refractivity contribution >= 4 is 22.6 Å². The summed E-state index contributed by atoms with van der Waals surface area (Å²) in [6, 6.07) is 14.0. The maximum Gasteiger partial charge on any atom is 0.323 e. The zero-order chi connectivity index (χ0) is 15.5. The summed E-state index contributed by atoms with van der Waals surface area (Å²) in [7, 11) is 0. The van der Waals surface area contributed by atoms with E-state index in [1.54, 1.807) is 42.5 Å². The summed E-state index contributed by atoms with van der Waals surface area (Å²) in [4.78, 5) is 28.5. The molecule has 0 spiro atoms. The lowest BCUT2D eigenvalue weighted by atomic mass is 10.1. The number of anilines is 1. The average molecular weight is 292 g/mol. The molecule has 0 aliphatic heterocycles. The Kier molecular flexibility index (Phi) is 3.46. The third kappa shape index (κ3) is 2.88. The number of nitriles is 1. The monoisotopic (exact) mass is 292 g/mol. The zero-order valence-corrected chi connectivity index (χ0v) is 11.5. The highest BCUT2D eigenvalue weighted by molar-refractivity contribution is 5.92. The fourth-order valence-corrected chi connectivity index (χ4v) is 2.21. The third-order valence-corrected chi connectivity index (χ3v) is 3.24. The Balaban J connectivity index is 1.71. The van der Waals surface area contributed by atoms with Crippen LogP contribution in [0.2, 0.25) is 0 Å². The Labute approximate surface area is 125 Å². The van der Waals surface area contributed by atoms with E-state index in [0.717, 1.165) is 5.56 Å². The molecule has 0 radical (unpaired) electrons. The number of rotatable bonds is 3. The Morgan fingerprint density at radius 2 is 1.82 bits per heavy atom. The van der Waals surface area contributed by atoms with Crippen LogP contribution in [-0.4, -0.2) is 15.9 Å². The van der Waals surface area contributed by atoms with Gasteiger partial charge in [-0.25, -0.2) is 4.79 Å². The molecule has 3 N–H and O–H groups in total. The first-order valence-electron chi connectivity index (χ1n) is 6.65. The van der Waals surface area contributed by atoms with Crippen molar-refractivity contribution in [3.63, 3.8) is 0 Å². The summed E-state index contributed by atoms with van der Waals surface area (Å²) in [5.74, 6) is -0.165. The molecular formula is C16H12N4O2. The number of aromatic nitrogens is 2. The third-order valence-electron chi connectivity index (χ3n) is 3.24. The summed E-state index contributed by atoms with van der Waals surface area (Å²) < 4.78 is 0. The Morgan fingerprint density at radius 1 is 1.09 bits per heavy atom. The molecule has 3 rings (SSSR count). The van der Waals surface area contributed by atoms with Gasteiger partial charge in [-0.05, 0) is 42.0 Å². The van der Waals surface area contributed by atoms with Gasteiger partial charge in [-0.3, -0.25) is 4.79 Å². The highest BCUT2D eigenvalue weighted by Gasteiger charge is 2.06. The van der Waals surface area contributed by atoms with E-state index in [1.165, 1.54) is 0 Å². The summed E-state index contributed by atoms with van der Waals surface area (Å²) in [6.07, 6.45) is 0.198. The van der Waals surface area contributed by atoms with E-state index >= 15 is 0 Å². The summed E-state index contributed by atoms with van der Waals surface area (Å²) in [5, 5.41) is 11.5. The molecule has 2 aromatic carbocycles. The Hall–Kier alpha value is -3.33. The van der Waals surface area contributed by atoms with Gasteiger partial charge in [-0.2, -0.15) is 5.26 Å². The van der Waals surface area contributed by atoms with Crippen LogP contribution in [0.15, 0.2) is 47.3 Å². The van der Waals surface area contributed by atoms with E-state index in [0.29, 0.717) is 22.3 Å². The first-order valence-corrected chi connectivity index (χ1v) is 6.65. The minimum atomic E-state index is -0.269. The van der Waals surface area contributed by atoms with Crippen molar-refractivity contribution in [1.82, 2.24) is 9.97 Å². The highest BCUT2D eigenvalue weighted by Crippen LogP contribution is 2.13. The first-order chi connectivity index (χ1) is 10.6. The molecule has 1 amide bonds. The fraction of sp³-hybridized carbons (Fsp3) is 0.0625. The number of H-pyrrole nitrogens is 2. The highest BCUT2D eigenvalue weighted by atomic mass is 16.1. The fourth-order valence-electron chi connectivity index (χ4n) is 2.21. The summed E-state index contributed by atoms with van der Waals surface area (Å²) >= 11 is 0. The molecule has 0 bridgehead atoms. The number of imidazole rings is 1. The van der Waals surface area contributed by atoms with Crippen LogP contribution in [0.25, 0.3) is 11.0 Å². The van der Waals surface area contributed by atoms with E-state index < -0.39 is 0 Å². The van der Waals surface area contributed by atoms with Crippen LogP contribution in [0.5, 0.6) is 0 Å². The van der Waals surface area contributed by atoms with Crippen molar-refractivity contribution in [2.24, 2.45) is 0 Å². The maximum atomic E-state index is 12.0. The van der Waals surface area contributed by atoms with Crippen molar-refractivity contribution in [3.8, 4) is 6.07 Å². The van der Waals surface area contributed by atoms with E-state index in [1.807, 2.05) is 6.07 Å². The van der Waals surface area contributed by atoms with Gasteiger partial charge >= 0.3 is 5.69 Å². The van der Waals surface area contributed by atoms with Gasteiger partial charge in [-0.15, -0.1) is 0 Å². The molecule has 3 aromatic rings. The largest absolute Gasteiger partial charge is 0.326 e. The van der Waals surface area contributed by atoms with Crippen LogP contribution in [0.4, 0.5) is 5.69 Å². The summed E-state index contributed by atoms with van der Waals surface area (Å²) in [5.41, 5.74) is 3.10. The topological polar surface area (TPSA) is 102 Å². The maximum absolute atomic E-state index is 12.0. The number of amides is 1. The molecule has 0 unspecified atom stereocenters. The van der Waals surface area contributed by atoms with E-state index in [4.69, 9.17) is 5.26 Å². The van der Waals surface area contributed by atoms with Crippen molar-refractivity contribution in [3.05, 3.63) is 64.1 Å². The van der Waals surface area contributed by atoms with Gasteiger partial charge in [0.25, 0.3) is 0 Å². The SMILES string of the molecule is N#Cc1ccc(NC(=O)Cc2ccc3[nH]c(=O)[nH]c3c2)cc1. The van der Waals surface area contributed by atoms with Crippen LogP contribution < -0.4 is 11.0 Å². The quantitative estimate of drug-likeness (QED) is 0.687. The number of hydrogen-bond acceptors (Lipinski definition) is 3. The number of nitrogens with zero attached hydrogens (tertiary/aromatic N) is 1. The average Bonchev–Trinajstić information content (AvgIpc) is 2.87. The van der Waals surface area contributed by atoms with Gasteiger partial charge in [0.1, 0.15) is 0 Å². The second kappa shape index (κ2) is 5.58. The van der Waals surface area contributed by atoms with Crippen molar-refractivity contribution in [1.29, 1.82) is 5.26 Å². The van der Waals surface area contributed by atoms with Crippen molar-refractivity contribution < 1.29 is 4.79 Å². The van der Waals surface area contributed by atoms with Crippen LogP contribution in [-0.2, 0) is 11.2 Å². The van der Waals surface area contributed by atoms with Crippen LogP contribution in [0, 0.1) is 11.3 Å². The molecule has 22 heavy (non-hydrogen) atoms. The standard InChI is InChI=1S/C16H12N4O2/c17-9-10-1-4-12(5-2-10)18-15(21)8-11-3-6-13-14(7-11)20-16(22)19-13/h1-7H,8H2,(H,18,21)(H2,19,20,22). The number of fused-ring (bicyclic) bond motifs is 1. The van der Waals surface area contributed by atoms with Gasteiger partial charge < -0.3 is 15.3 Å². The molecule has 1 heterocycles. The number of carbonyl (C=O) groups excluding carboxylic acids is 1. The van der Waals surface area contributed by atoms with Gasteiger partial charge in [0.2, 0.25) is 5.91 Å². The minimum absolute atomic E-state index is 0.165. The summed E-state index contributed by atoms with van der Waals surface area (Å²) in [6.45, 7) is 0. The number of hydrogen-bond donors (Lipinski definition) is 3. The predicted octanol–water partition coefficient (Wildman–Crippen LogP) is 1.91. The van der Waals surface area contributed by atoms with Crippen LogP contribution in [0.3, 0.4) is 0 Å². The molecule has 1 aromatic heterocycles. The second-order valence-corrected chi connectivity index (χ2v) is 4.87. The smallest absolute Gasteiger partial charge is 0.323 e. The number of benzene rings is 2. The molecule has 0 aliphatic carbocycles. The normalized spacial score (nSPS) is 10.3. The van der Waals surface area contributed by atoms with E-state index in [9.17, 15) is 9.59 Å². The lowest BCUT2D eigenvalue weighted by Gasteiger charge is -2.05. The molecule has 6 nitrogen and oxygen atoms in total. The van der Waals surface area contributed by atoms with Gasteiger partial charge in [0, 0.05) is 5.69 Å². The lowest BCUT2D eigenvalue weighted by Crippen LogP contribution is -2.14. The number of carbonyl (C=O) groups is 1.